The van der Waals surface area contributed by atoms with Crippen molar-refractivity contribution in [3.8, 4) is 0 Å². The summed E-state index contributed by atoms with van der Waals surface area (Å²) in [5, 5.41) is 0. The van der Waals surface area contributed by atoms with Crippen molar-refractivity contribution >= 4 is 11.8 Å². The summed E-state index contributed by atoms with van der Waals surface area (Å²) >= 11 is 0. The van der Waals surface area contributed by atoms with Gasteiger partial charge in [0.1, 0.15) is 5.82 Å². The molecule has 0 atom stereocenters. The fraction of sp³-hybridized carbons (Fsp3) is 0.571. The van der Waals surface area contributed by atoms with Crippen molar-refractivity contribution in [2.24, 2.45) is 0 Å². The van der Waals surface area contributed by atoms with E-state index in [1.807, 2.05) is 36.3 Å². The summed E-state index contributed by atoms with van der Waals surface area (Å²) in [6.45, 7) is 1.90. The number of amides is 2. The van der Waals surface area contributed by atoms with Crippen LogP contribution < -0.4 is 4.90 Å². The topological polar surface area (TPSA) is 39.7 Å². The van der Waals surface area contributed by atoms with Crippen LogP contribution >= 0.6 is 0 Å². The highest BCUT2D eigenvalue weighted by Gasteiger charge is 2.26. The highest BCUT2D eigenvalue weighted by Crippen LogP contribution is 2.20. The van der Waals surface area contributed by atoms with Crippen LogP contribution in [0, 0.1) is 0 Å². The van der Waals surface area contributed by atoms with Crippen LogP contribution in [0.2, 0.25) is 0 Å². The molecule has 0 aliphatic carbocycles. The predicted octanol–water partition coefficient (Wildman–Crippen LogP) is 1.66. The van der Waals surface area contributed by atoms with Crippen molar-refractivity contribution in [2.75, 3.05) is 39.1 Å². The van der Waals surface area contributed by atoms with Crippen LogP contribution in [0.1, 0.15) is 12.8 Å². The highest BCUT2D eigenvalue weighted by molar-refractivity contribution is 5.73. The minimum Gasteiger partial charge on any atom is -0.356 e. The number of hydrogen-bond donors (Lipinski definition) is 0. The summed E-state index contributed by atoms with van der Waals surface area (Å²) in [7, 11) is 5.48. The number of urea groups is 1. The molecule has 1 aliphatic rings. The van der Waals surface area contributed by atoms with Crippen molar-refractivity contribution in [1.29, 1.82) is 0 Å². The van der Waals surface area contributed by atoms with Crippen molar-refractivity contribution in [1.82, 2.24) is 14.8 Å². The van der Waals surface area contributed by atoms with Gasteiger partial charge >= 0.3 is 6.03 Å². The minimum atomic E-state index is 0.0799. The molecule has 1 saturated heterocycles. The number of nitrogens with zero attached hydrogens (tertiary/aromatic N) is 4. The predicted molar refractivity (Wildman–Crippen MR) is 76.3 cm³/mol. The summed E-state index contributed by atoms with van der Waals surface area (Å²) < 4.78 is 0. The number of aromatic nitrogens is 1. The largest absolute Gasteiger partial charge is 0.356 e. The molecule has 2 heterocycles. The second-order valence-corrected chi connectivity index (χ2v) is 5.19. The maximum atomic E-state index is 11.9. The fourth-order valence-corrected chi connectivity index (χ4v) is 2.49. The van der Waals surface area contributed by atoms with Gasteiger partial charge in [-0.05, 0) is 25.0 Å². The zero-order valence-corrected chi connectivity index (χ0v) is 11.9. The van der Waals surface area contributed by atoms with Crippen LogP contribution in [0.4, 0.5) is 10.6 Å². The van der Waals surface area contributed by atoms with Gasteiger partial charge < -0.3 is 14.7 Å². The molecule has 5 nitrogen and oxygen atoms in total. The first-order valence-electron chi connectivity index (χ1n) is 6.69. The van der Waals surface area contributed by atoms with Gasteiger partial charge in [-0.15, -0.1) is 0 Å². The molecule has 5 heteroatoms. The van der Waals surface area contributed by atoms with Crippen LogP contribution in [0.25, 0.3) is 0 Å². The van der Waals surface area contributed by atoms with Gasteiger partial charge in [-0.1, -0.05) is 6.07 Å². The molecular weight excluding hydrogens is 240 g/mol. The van der Waals surface area contributed by atoms with E-state index in [9.17, 15) is 4.79 Å². The smallest absolute Gasteiger partial charge is 0.319 e. The first kappa shape index (κ1) is 13.6. The summed E-state index contributed by atoms with van der Waals surface area (Å²) in [4.78, 5) is 22.1. The quantitative estimate of drug-likeness (QED) is 0.814. The van der Waals surface area contributed by atoms with Gasteiger partial charge in [0, 0.05) is 46.5 Å². The average molecular weight is 262 g/mol. The maximum absolute atomic E-state index is 11.9. The molecule has 2 rings (SSSR count). The lowest BCUT2D eigenvalue weighted by molar-refractivity contribution is 0.155. The number of hydrogen-bond acceptors (Lipinski definition) is 3. The number of carbonyl (C=O) groups is 1. The van der Waals surface area contributed by atoms with Crippen molar-refractivity contribution in [3.63, 3.8) is 0 Å². The molecule has 0 bridgehead atoms. The Morgan fingerprint density at radius 1 is 1.26 bits per heavy atom. The van der Waals surface area contributed by atoms with Gasteiger partial charge in [0.05, 0.1) is 0 Å². The molecule has 0 saturated carbocycles. The molecule has 0 N–H and O–H groups in total. The number of rotatable bonds is 2. The van der Waals surface area contributed by atoms with Crippen LogP contribution in [0.15, 0.2) is 24.4 Å². The van der Waals surface area contributed by atoms with Gasteiger partial charge in [-0.3, -0.25) is 0 Å². The molecule has 1 aromatic rings. The fourth-order valence-electron chi connectivity index (χ4n) is 2.49. The summed E-state index contributed by atoms with van der Waals surface area (Å²) in [6, 6.07) is 6.39. The zero-order valence-electron chi connectivity index (χ0n) is 11.9. The van der Waals surface area contributed by atoms with E-state index in [-0.39, 0.29) is 6.03 Å². The van der Waals surface area contributed by atoms with Crippen molar-refractivity contribution in [2.45, 2.75) is 18.9 Å². The minimum absolute atomic E-state index is 0.0799. The van der Waals surface area contributed by atoms with Crippen LogP contribution in [0.3, 0.4) is 0 Å². The maximum Gasteiger partial charge on any atom is 0.319 e. The Labute approximate surface area is 114 Å². The molecular formula is C14H22N4O. The highest BCUT2D eigenvalue weighted by atomic mass is 16.2. The molecule has 0 unspecified atom stereocenters. The number of anilines is 1. The van der Waals surface area contributed by atoms with E-state index in [2.05, 4.69) is 9.88 Å². The SMILES string of the molecule is CN(C)C(=O)N(C)C1CCN(c2ccccn2)CC1. The van der Waals surface area contributed by atoms with E-state index in [1.54, 1.807) is 19.0 Å². The molecule has 1 aromatic heterocycles. The first-order chi connectivity index (χ1) is 9.09. The van der Waals surface area contributed by atoms with Gasteiger partial charge in [-0.25, -0.2) is 9.78 Å². The van der Waals surface area contributed by atoms with Gasteiger partial charge in [0.15, 0.2) is 0 Å². The van der Waals surface area contributed by atoms with Gasteiger partial charge in [0.25, 0.3) is 0 Å². The molecule has 19 heavy (non-hydrogen) atoms. The lowest BCUT2D eigenvalue weighted by Crippen LogP contribution is -2.48. The van der Waals surface area contributed by atoms with Gasteiger partial charge in [-0.2, -0.15) is 0 Å². The molecule has 0 aromatic carbocycles. The van der Waals surface area contributed by atoms with Crippen LogP contribution in [-0.4, -0.2) is 61.1 Å². The monoisotopic (exact) mass is 262 g/mol. The van der Waals surface area contributed by atoms with Crippen molar-refractivity contribution < 1.29 is 4.79 Å². The zero-order chi connectivity index (χ0) is 13.8. The van der Waals surface area contributed by atoms with E-state index >= 15 is 0 Å². The Balaban J connectivity index is 1.91. The summed E-state index contributed by atoms with van der Waals surface area (Å²) in [5.74, 6) is 1.03. The second-order valence-electron chi connectivity index (χ2n) is 5.19. The third kappa shape index (κ3) is 3.16. The normalized spacial score (nSPS) is 16.3. The Morgan fingerprint density at radius 2 is 1.95 bits per heavy atom. The van der Waals surface area contributed by atoms with Crippen LogP contribution in [-0.2, 0) is 0 Å². The third-order valence-electron chi connectivity index (χ3n) is 3.67. The Morgan fingerprint density at radius 3 is 2.47 bits per heavy atom. The van der Waals surface area contributed by atoms with E-state index < -0.39 is 0 Å². The van der Waals surface area contributed by atoms with E-state index in [0.29, 0.717) is 6.04 Å². The second kappa shape index (κ2) is 5.91. The summed E-state index contributed by atoms with van der Waals surface area (Å²) in [6.07, 6.45) is 3.81. The lowest BCUT2D eigenvalue weighted by atomic mass is 10.0. The molecule has 0 spiro atoms. The average Bonchev–Trinajstić information content (AvgIpc) is 2.46. The lowest BCUT2D eigenvalue weighted by Gasteiger charge is -2.38. The van der Waals surface area contributed by atoms with E-state index in [0.717, 1.165) is 31.7 Å². The number of carbonyl (C=O) groups excluding carboxylic acids is 1. The Kier molecular flexibility index (Phi) is 4.24. The van der Waals surface area contributed by atoms with E-state index in [4.69, 9.17) is 0 Å². The first-order valence-corrected chi connectivity index (χ1v) is 6.69. The molecule has 1 aliphatic heterocycles. The molecule has 0 radical (unpaired) electrons. The number of pyridine rings is 1. The third-order valence-corrected chi connectivity index (χ3v) is 3.67. The standard InChI is InChI=1S/C14H22N4O/c1-16(2)14(19)17(3)12-7-10-18(11-8-12)13-6-4-5-9-15-13/h4-6,9,12H,7-8,10-11H2,1-3H3. The molecule has 2 amide bonds. The van der Waals surface area contributed by atoms with Gasteiger partial charge in [0.2, 0.25) is 0 Å². The van der Waals surface area contributed by atoms with Crippen molar-refractivity contribution in [3.05, 3.63) is 24.4 Å². The van der Waals surface area contributed by atoms with Crippen LogP contribution in [0.5, 0.6) is 0 Å². The molecule has 1 fully saturated rings. The summed E-state index contributed by atoms with van der Waals surface area (Å²) in [5.41, 5.74) is 0. The number of piperidine rings is 1. The Bertz CT molecular complexity index is 413. The Hall–Kier alpha value is -1.78. The molecule has 104 valence electrons. The van der Waals surface area contributed by atoms with E-state index in [1.165, 1.54) is 0 Å².